The highest BCUT2D eigenvalue weighted by atomic mass is 16.3. The molecule has 4 nitrogen and oxygen atoms in total. The Kier molecular flexibility index (Phi) is 6.33. The van der Waals surface area contributed by atoms with E-state index in [2.05, 4.69) is 17.2 Å². The van der Waals surface area contributed by atoms with Crippen LogP contribution in [0.2, 0.25) is 0 Å². The maximum Gasteiger partial charge on any atom is 0.188 e. The number of furan rings is 1. The Morgan fingerprint density at radius 3 is 2.72 bits per heavy atom. The maximum absolute atomic E-state index is 5.80. The molecule has 0 bridgehead atoms. The summed E-state index contributed by atoms with van der Waals surface area (Å²) in [5, 5.41) is 3.14. The second-order valence-corrected chi connectivity index (χ2v) is 4.63. The zero-order valence-corrected chi connectivity index (χ0v) is 11.8. The smallest absolute Gasteiger partial charge is 0.188 e. The van der Waals surface area contributed by atoms with E-state index >= 15 is 0 Å². The third kappa shape index (κ3) is 5.25. The summed E-state index contributed by atoms with van der Waals surface area (Å²) in [6.07, 6.45) is 4.93. The van der Waals surface area contributed by atoms with Crippen LogP contribution in [0.1, 0.15) is 49.7 Å². The standard InChI is InChI=1S/C14H25N3O/c1-4-5-6-7-8-16-14(15)17-10-13-9-11(2)18-12(13)3/h9H,4-8,10H2,1-3H3,(H3,15,16,17). The Balaban J connectivity index is 2.27. The molecule has 0 saturated carbocycles. The lowest BCUT2D eigenvalue weighted by atomic mass is 10.2. The van der Waals surface area contributed by atoms with E-state index in [1.54, 1.807) is 0 Å². The first-order valence-corrected chi connectivity index (χ1v) is 6.73. The number of hydrogen-bond donors (Lipinski definition) is 2. The zero-order chi connectivity index (χ0) is 13.4. The number of guanidine groups is 1. The molecule has 102 valence electrons. The van der Waals surface area contributed by atoms with Gasteiger partial charge in [0.25, 0.3) is 0 Å². The first-order valence-electron chi connectivity index (χ1n) is 6.73. The van der Waals surface area contributed by atoms with E-state index in [1.807, 2.05) is 19.9 Å². The van der Waals surface area contributed by atoms with Crippen molar-refractivity contribution in [2.45, 2.75) is 53.0 Å². The average Bonchev–Trinajstić information content (AvgIpc) is 2.65. The SMILES string of the molecule is CCCCCCNC(N)=NCc1cc(C)oc1C. The van der Waals surface area contributed by atoms with Gasteiger partial charge in [-0.25, -0.2) is 4.99 Å². The molecule has 0 amide bonds. The minimum absolute atomic E-state index is 0.518. The summed E-state index contributed by atoms with van der Waals surface area (Å²) in [4.78, 5) is 4.31. The lowest BCUT2D eigenvalue weighted by molar-refractivity contribution is 0.501. The van der Waals surface area contributed by atoms with Crippen molar-refractivity contribution in [3.63, 3.8) is 0 Å². The van der Waals surface area contributed by atoms with Crippen molar-refractivity contribution in [1.82, 2.24) is 5.32 Å². The third-order valence-corrected chi connectivity index (χ3v) is 2.90. The molecule has 0 aliphatic carbocycles. The van der Waals surface area contributed by atoms with Gasteiger partial charge in [-0.05, 0) is 26.3 Å². The third-order valence-electron chi connectivity index (χ3n) is 2.90. The van der Waals surface area contributed by atoms with Crippen LogP contribution in [0.25, 0.3) is 0 Å². The highest BCUT2D eigenvalue weighted by Crippen LogP contribution is 2.14. The Morgan fingerprint density at radius 2 is 2.11 bits per heavy atom. The van der Waals surface area contributed by atoms with Crippen LogP contribution >= 0.6 is 0 Å². The fourth-order valence-corrected chi connectivity index (χ4v) is 1.83. The van der Waals surface area contributed by atoms with Gasteiger partial charge < -0.3 is 15.5 Å². The summed E-state index contributed by atoms with van der Waals surface area (Å²) in [5.74, 6) is 2.36. The molecular formula is C14H25N3O. The van der Waals surface area contributed by atoms with Crippen LogP contribution in [0.4, 0.5) is 0 Å². The monoisotopic (exact) mass is 251 g/mol. The zero-order valence-electron chi connectivity index (χ0n) is 11.8. The summed E-state index contributed by atoms with van der Waals surface area (Å²) >= 11 is 0. The van der Waals surface area contributed by atoms with Crippen LogP contribution in [-0.2, 0) is 6.54 Å². The number of aliphatic imine (C=N–C) groups is 1. The summed E-state index contributed by atoms with van der Waals surface area (Å²) in [7, 11) is 0. The number of nitrogens with zero attached hydrogens (tertiary/aromatic N) is 1. The van der Waals surface area contributed by atoms with Crippen molar-refractivity contribution < 1.29 is 4.42 Å². The predicted molar refractivity (Wildman–Crippen MR) is 75.7 cm³/mol. The fraction of sp³-hybridized carbons (Fsp3) is 0.643. The van der Waals surface area contributed by atoms with E-state index in [4.69, 9.17) is 10.2 Å². The molecule has 0 fully saturated rings. The number of nitrogens with one attached hydrogen (secondary N) is 1. The fourth-order valence-electron chi connectivity index (χ4n) is 1.83. The van der Waals surface area contributed by atoms with Gasteiger partial charge >= 0.3 is 0 Å². The molecule has 1 rings (SSSR count). The molecule has 0 unspecified atom stereocenters. The Hall–Kier alpha value is -1.45. The van der Waals surface area contributed by atoms with Crippen molar-refractivity contribution in [2.24, 2.45) is 10.7 Å². The molecule has 0 spiro atoms. The molecule has 4 heteroatoms. The van der Waals surface area contributed by atoms with Crippen molar-refractivity contribution in [3.8, 4) is 0 Å². The van der Waals surface area contributed by atoms with Crippen LogP contribution in [-0.4, -0.2) is 12.5 Å². The van der Waals surface area contributed by atoms with Crippen LogP contribution < -0.4 is 11.1 Å². The Bertz CT molecular complexity index is 382. The summed E-state index contributed by atoms with van der Waals surface area (Å²) in [6.45, 7) is 7.58. The van der Waals surface area contributed by atoms with Crippen molar-refractivity contribution in [1.29, 1.82) is 0 Å². The lowest BCUT2D eigenvalue weighted by Gasteiger charge is -2.04. The van der Waals surface area contributed by atoms with Crippen LogP contribution in [0.15, 0.2) is 15.5 Å². The van der Waals surface area contributed by atoms with Crippen molar-refractivity contribution >= 4 is 5.96 Å². The van der Waals surface area contributed by atoms with Gasteiger partial charge in [-0.3, -0.25) is 0 Å². The average molecular weight is 251 g/mol. The van der Waals surface area contributed by atoms with E-state index in [1.165, 1.54) is 19.3 Å². The van der Waals surface area contributed by atoms with Crippen LogP contribution in [0.3, 0.4) is 0 Å². The summed E-state index contributed by atoms with van der Waals surface area (Å²) in [6, 6.07) is 2.01. The van der Waals surface area contributed by atoms with E-state index in [-0.39, 0.29) is 0 Å². The molecule has 0 aliphatic heterocycles. The Labute approximate surface area is 110 Å². The maximum atomic E-state index is 5.80. The number of unbranched alkanes of at least 4 members (excludes halogenated alkanes) is 3. The highest BCUT2D eigenvalue weighted by molar-refractivity contribution is 5.77. The van der Waals surface area contributed by atoms with Gasteiger partial charge in [-0.15, -0.1) is 0 Å². The molecule has 3 N–H and O–H groups in total. The van der Waals surface area contributed by atoms with Gasteiger partial charge in [0, 0.05) is 12.1 Å². The second-order valence-electron chi connectivity index (χ2n) is 4.63. The normalized spacial score (nSPS) is 11.8. The quantitative estimate of drug-likeness (QED) is 0.445. The molecule has 0 aromatic carbocycles. The first-order chi connectivity index (χ1) is 8.63. The number of aryl methyl sites for hydroxylation is 2. The summed E-state index contributed by atoms with van der Waals surface area (Å²) < 4.78 is 5.44. The van der Waals surface area contributed by atoms with Crippen molar-refractivity contribution in [2.75, 3.05) is 6.54 Å². The predicted octanol–water partition coefficient (Wildman–Crippen LogP) is 2.88. The van der Waals surface area contributed by atoms with Gasteiger partial charge in [0.15, 0.2) is 5.96 Å². The van der Waals surface area contributed by atoms with E-state index < -0.39 is 0 Å². The lowest BCUT2D eigenvalue weighted by Crippen LogP contribution is -2.32. The van der Waals surface area contributed by atoms with E-state index in [9.17, 15) is 0 Å². The second kappa shape index (κ2) is 7.80. The minimum atomic E-state index is 0.518. The van der Waals surface area contributed by atoms with Crippen molar-refractivity contribution in [3.05, 3.63) is 23.2 Å². The minimum Gasteiger partial charge on any atom is -0.466 e. The largest absolute Gasteiger partial charge is 0.466 e. The van der Waals surface area contributed by atoms with Crippen LogP contribution in [0.5, 0.6) is 0 Å². The summed E-state index contributed by atoms with van der Waals surface area (Å²) in [5.41, 5.74) is 6.90. The molecule has 1 aromatic rings. The molecule has 1 aromatic heterocycles. The molecule has 18 heavy (non-hydrogen) atoms. The van der Waals surface area contributed by atoms with Gasteiger partial charge in [-0.2, -0.15) is 0 Å². The highest BCUT2D eigenvalue weighted by Gasteiger charge is 2.03. The van der Waals surface area contributed by atoms with Gasteiger partial charge in [0.1, 0.15) is 11.5 Å². The molecule has 0 aliphatic rings. The number of rotatable bonds is 7. The first kappa shape index (κ1) is 14.6. The Morgan fingerprint density at radius 1 is 1.33 bits per heavy atom. The van der Waals surface area contributed by atoms with Gasteiger partial charge in [0.2, 0.25) is 0 Å². The molecule has 0 atom stereocenters. The van der Waals surface area contributed by atoms with Gasteiger partial charge in [-0.1, -0.05) is 26.2 Å². The molecular weight excluding hydrogens is 226 g/mol. The number of nitrogens with two attached hydrogens (primary N) is 1. The van der Waals surface area contributed by atoms with E-state index in [0.29, 0.717) is 12.5 Å². The topological polar surface area (TPSA) is 63.5 Å². The number of hydrogen-bond acceptors (Lipinski definition) is 2. The van der Waals surface area contributed by atoms with E-state index in [0.717, 1.165) is 30.0 Å². The molecule has 1 heterocycles. The molecule has 0 radical (unpaired) electrons. The van der Waals surface area contributed by atoms with Crippen LogP contribution in [0, 0.1) is 13.8 Å². The van der Waals surface area contributed by atoms with Gasteiger partial charge in [0.05, 0.1) is 6.54 Å². The molecule has 0 saturated heterocycles.